The average Bonchev–Trinajstić information content (AvgIpc) is 2.61. The summed E-state index contributed by atoms with van der Waals surface area (Å²) in [6.07, 6.45) is 6.00. The van der Waals surface area contributed by atoms with Crippen molar-refractivity contribution in [2.24, 2.45) is 4.99 Å². The van der Waals surface area contributed by atoms with E-state index >= 15 is 0 Å². The molecule has 2 heteroatoms. The maximum atomic E-state index is 4.77. The molecule has 1 heterocycles. The molecule has 0 N–H and O–H groups in total. The number of anilines is 1. The smallest absolute Gasteiger partial charge is 0.0721 e. The molecular weight excluding hydrogens is 268 g/mol. The zero-order valence-electron chi connectivity index (χ0n) is 13.3. The van der Waals surface area contributed by atoms with E-state index in [0.29, 0.717) is 0 Å². The van der Waals surface area contributed by atoms with Crippen LogP contribution in [0.1, 0.15) is 43.4 Å². The number of benzene rings is 2. The monoisotopic (exact) mass is 292 g/mol. The molecule has 0 unspecified atom stereocenters. The molecule has 3 rings (SSSR count). The lowest BCUT2D eigenvalue weighted by Gasteiger charge is -2.30. The van der Waals surface area contributed by atoms with Crippen LogP contribution in [0.2, 0.25) is 0 Å². The molecule has 1 saturated heterocycles. The molecule has 0 aliphatic carbocycles. The Kier molecular flexibility index (Phi) is 4.89. The Labute approximate surface area is 133 Å². The lowest BCUT2D eigenvalue weighted by Crippen LogP contribution is -2.30. The van der Waals surface area contributed by atoms with Crippen molar-refractivity contribution >= 4 is 11.9 Å². The molecule has 114 valence electrons. The van der Waals surface area contributed by atoms with Crippen LogP contribution in [0.25, 0.3) is 0 Å². The highest BCUT2D eigenvalue weighted by Crippen LogP contribution is 2.24. The van der Waals surface area contributed by atoms with Gasteiger partial charge in [0.05, 0.1) is 6.04 Å². The summed E-state index contributed by atoms with van der Waals surface area (Å²) >= 11 is 0. The van der Waals surface area contributed by atoms with Gasteiger partial charge in [0.2, 0.25) is 0 Å². The molecular formula is C20H24N2. The Balaban J connectivity index is 1.78. The summed E-state index contributed by atoms with van der Waals surface area (Å²) in [4.78, 5) is 7.27. The molecule has 1 fully saturated rings. The second-order valence-electron chi connectivity index (χ2n) is 5.97. The highest BCUT2D eigenvalue weighted by molar-refractivity contribution is 5.88. The average molecular weight is 292 g/mol. The largest absolute Gasteiger partial charge is 0.371 e. The van der Waals surface area contributed by atoms with Crippen molar-refractivity contribution < 1.29 is 0 Å². The molecule has 0 radical (unpaired) electrons. The summed E-state index contributed by atoms with van der Waals surface area (Å²) < 4.78 is 0. The molecule has 2 nitrogen and oxygen atoms in total. The number of rotatable bonds is 4. The molecule has 0 saturated carbocycles. The second kappa shape index (κ2) is 7.26. The van der Waals surface area contributed by atoms with Crippen LogP contribution in [0.4, 0.5) is 5.69 Å². The van der Waals surface area contributed by atoms with Crippen molar-refractivity contribution in [1.29, 1.82) is 0 Å². The maximum absolute atomic E-state index is 4.77. The molecule has 2 aromatic carbocycles. The van der Waals surface area contributed by atoms with Crippen molar-refractivity contribution in [3.8, 4) is 0 Å². The van der Waals surface area contributed by atoms with E-state index in [-0.39, 0.29) is 6.04 Å². The molecule has 1 aliphatic rings. The van der Waals surface area contributed by atoms with Gasteiger partial charge in [-0.1, -0.05) is 48.5 Å². The van der Waals surface area contributed by atoms with Crippen LogP contribution < -0.4 is 4.90 Å². The third-order valence-corrected chi connectivity index (χ3v) is 4.35. The van der Waals surface area contributed by atoms with Crippen LogP contribution in [-0.4, -0.2) is 19.3 Å². The number of nitrogens with zero attached hydrogens (tertiary/aromatic N) is 2. The summed E-state index contributed by atoms with van der Waals surface area (Å²) in [7, 11) is 0. The van der Waals surface area contributed by atoms with E-state index in [1.54, 1.807) is 0 Å². The lowest BCUT2D eigenvalue weighted by molar-refractivity contribution is 0.577. The number of hydrogen-bond acceptors (Lipinski definition) is 2. The third-order valence-electron chi connectivity index (χ3n) is 4.35. The van der Waals surface area contributed by atoms with Crippen molar-refractivity contribution in [3.05, 3.63) is 65.7 Å². The Morgan fingerprint density at radius 1 is 0.909 bits per heavy atom. The van der Waals surface area contributed by atoms with Gasteiger partial charge in [0.1, 0.15) is 0 Å². The number of piperidine rings is 1. The topological polar surface area (TPSA) is 15.6 Å². The molecule has 2 aromatic rings. The van der Waals surface area contributed by atoms with E-state index in [9.17, 15) is 0 Å². The molecule has 1 aliphatic heterocycles. The van der Waals surface area contributed by atoms with Crippen LogP contribution in [0, 0.1) is 0 Å². The fourth-order valence-corrected chi connectivity index (χ4v) is 3.03. The predicted molar refractivity (Wildman–Crippen MR) is 95.0 cm³/mol. The zero-order chi connectivity index (χ0) is 15.2. The van der Waals surface area contributed by atoms with Crippen molar-refractivity contribution in [2.45, 2.75) is 32.2 Å². The van der Waals surface area contributed by atoms with Gasteiger partial charge in [-0.25, -0.2) is 0 Å². The Morgan fingerprint density at radius 2 is 1.59 bits per heavy atom. The summed E-state index contributed by atoms with van der Waals surface area (Å²) in [5, 5.41) is 0. The first kappa shape index (κ1) is 14.8. The van der Waals surface area contributed by atoms with Crippen molar-refractivity contribution in [2.75, 3.05) is 18.0 Å². The van der Waals surface area contributed by atoms with Gasteiger partial charge in [-0.2, -0.15) is 0 Å². The molecule has 0 bridgehead atoms. The van der Waals surface area contributed by atoms with Gasteiger partial charge in [-0.3, -0.25) is 4.99 Å². The second-order valence-corrected chi connectivity index (χ2v) is 5.97. The number of hydrogen-bond donors (Lipinski definition) is 0. The van der Waals surface area contributed by atoms with E-state index < -0.39 is 0 Å². The van der Waals surface area contributed by atoms with Crippen LogP contribution in [0.5, 0.6) is 0 Å². The minimum Gasteiger partial charge on any atom is -0.371 e. The highest BCUT2D eigenvalue weighted by Gasteiger charge is 2.13. The quantitative estimate of drug-likeness (QED) is 0.735. The van der Waals surface area contributed by atoms with E-state index in [0.717, 1.165) is 0 Å². The van der Waals surface area contributed by atoms with E-state index in [2.05, 4.69) is 60.4 Å². The van der Waals surface area contributed by atoms with Gasteiger partial charge in [0.15, 0.2) is 0 Å². The van der Waals surface area contributed by atoms with Gasteiger partial charge >= 0.3 is 0 Å². The lowest BCUT2D eigenvalue weighted by atomic mass is 10.1. The van der Waals surface area contributed by atoms with Gasteiger partial charge < -0.3 is 4.90 Å². The molecule has 0 aromatic heterocycles. The molecule has 1 atom stereocenters. The minimum absolute atomic E-state index is 0.190. The first-order valence-electron chi connectivity index (χ1n) is 8.27. The molecule has 0 amide bonds. The van der Waals surface area contributed by atoms with Gasteiger partial charge in [0.25, 0.3) is 0 Å². The zero-order valence-corrected chi connectivity index (χ0v) is 13.3. The van der Waals surface area contributed by atoms with Crippen LogP contribution in [0.3, 0.4) is 0 Å². The van der Waals surface area contributed by atoms with Crippen molar-refractivity contribution in [3.63, 3.8) is 0 Å². The predicted octanol–water partition coefficient (Wildman–Crippen LogP) is 4.86. The van der Waals surface area contributed by atoms with Crippen molar-refractivity contribution in [1.82, 2.24) is 0 Å². The Bertz CT molecular complexity index is 613. The minimum atomic E-state index is 0.190. The highest BCUT2D eigenvalue weighted by atomic mass is 15.1. The Hall–Kier alpha value is -2.09. The normalized spacial score (nSPS) is 16.9. The SMILES string of the molecule is C[C@H](N=Cc1ccccc1N1CCCCC1)c1ccccc1. The molecule has 22 heavy (non-hydrogen) atoms. The standard InChI is InChI=1S/C20H24N2/c1-17(18-10-4-2-5-11-18)21-16-19-12-6-7-13-20(19)22-14-8-3-9-15-22/h2,4-7,10-13,16-17H,3,8-9,14-15H2,1H3/t17-/m0/s1. The summed E-state index contributed by atoms with van der Waals surface area (Å²) in [6.45, 7) is 4.48. The molecule has 0 spiro atoms. The van der Waals surface area contributed by atoms with E-state index in [1.165, 1.54) is 49.2 Å². The summed E-state index contributed by atoms with van der Waals surface area (Å²) in [5.41, 5.74) is 3.81. The Morgan fingerprint density at radius 3 is 2.36 bits per heavy atom. The van der Waals surface area contributed by atoms with Gasteiger partial charge in [-0.05, 0) is 37.8 Å². The summed E-state index contributed by atoms with van der Waals surface area (Å²) in [5.74, 6) is 0. The fraction of sp³-hybridized carbons (Fsp3) is 0.350. The van der Waals surface area contributed by atoms with E-state index in [1.807, 2.05) is 12.3 Å². The summed E-state index contributed by atoms with van der Waals surface area (Å²) in [6, 6.07) is 19.3. The van der Waals surface area contributed by atoms with Gasteiger partial charge in [0, 0.05) is 30.6 Å². The fourth-order valence-electron chi connectivity index (χ4n) is 3.03. The van der Waals surface area contributed by atoms with Crippen LogP contribution >= 0.6 is 0 Å². The number of aliphatic imine (C=N–C) groups is 1. The van der Waals surface area contributed by atoms with Crippen LogP contribution in [-0.2, 0) is 0 Å². The van der Waals surface area contributed by atoms with Crippen LogP contribution in [0.15, 0.2) is 59.6 Å². The first-order valence-corrected chi connectivity index (χ1v) is 8.27. The third kappa shape index (κ3) is 3.56. The first-order chi connectivity index (χ1) is 10.8. The number of para-hydroxylation sites is 1. The van der Waals surface area contributed by atoms with Gasteiger partial charge in [-0.15, -0.1) is 0 Å². The maximum Gasteiger partial charge on any atom is 0.0721 e. The van der Waals surface area contributed by atoms with E-state index in [4.69, 9.17) is 4.99 Å².